The molecular formula is C16H16N2O2. The number of aromatic nitrogens is 2. The number of ether oxygens (including phenoxy) is 1. The molecule has 0 aliphatic heterocycles. The largest absolute Gasteiger partial charge is 0.497 e. The highest BCUT2D eigenvalue weighted by atomic mass is 16.5. The molecule has 0 atom stereocenters. The number of carbonyl (C=O) groups excluding carboxylic acids is 1. The number of aryl methyl sites for hydroxylation is 1. The first-order valence-electron chi connectivity index (χ1n) is 6.59. The highest BCUT2D eigenvalue weighted by Crippen LogP contribution is 2.26. The van der Waals surface area contributed by atoms with Crippen LogP contribution in [0.5, 0.6) is 5.75 Å². The second kappa shape index (κ2) is 4.96. The molecule has 0 spiro atoms. The van der Waals surface area contributed by atoms with Crippen LogP contribution in [-0.4, -0.2) is 22.7 Å². The molecule has 4 heteroatoms. The van der Waals surface area contributed by atoms with Crippen molar-refractivity contribution in [3.05, 3.63) is 52.9 Å². The summed E-state index contributed by atoms with van der Waals surface area (Å²) in [5.74, 6) is 0.909. The van der Waals surface area contributed by atoms with Crippen LogP contribution >= 0.6 is 0 Å². The normalized spacial score (nSPS) is 16.3. The lowest BCUT2D eigenvalue weighted by molar-refractivity contribution is 0.102. The molecule has 0 radical (unpaired) electrons. The highest BCUT2D eigenvalue weighted by molar-refractivity contribution is 6.12. The summed E-state index contributed by atoms with van der Waals surface area (Å²) in [6.45, 7) is 0. The maximum absolute atomic E-state index is 12.4. The Morgan fingerprint density at radius 2 is 2.00 bits per heavy atom. The van der Waals surface area contributed by atoms with Gasteiger partial charge in [-0.2, -0.15) is 5.10 Å². The third-order valence-electron chi connectivity index (χ3n) is 3.69. The Kier molecular flexibility index (Phi) is 3.14. The first kappa shape index (κ1) is 12.7. The van der Waals surface area contributed by atoms with E-state index in [4.69, 9.17) is 4.74 Å². The van der Waals surface area contributed by atoms with Crippen LogP contribution in [0, 0.1) is 0 Å². The van der Waals surface area contributed by atoms with Crippen LogP contribution in [0.3, 0.4) is 0 Å². The highest BCUT2D eigenvalue weighted by Gasteiger charge is 2.24. The molecule has 0 fully saturated rings. The van der Waals surface area contributed by atoms with E-state index < -0.39 is 0 Å². The van der Waals surface area contributed by atoms with Crippen LogP contribution in [0.2, 0.25) is 0 Å². The summed E-state index contributed by atoms with van der Waals surface area (Å²) in [5, 5.41) is 4.16. The molecular weight excluding hydrogens is 252 g/mol. The van der Waals surface area contributed by atoms with Gasteiger partial charge in [-0.15, -0.1) is 0 Å². The van der Waals surface area contributed by atoms with E-state index in [0.29, 0.717) is 0 Å². The minimum Gasteiger partial charge on any atom is -0.497 e. The lowest BCUT2D eigenvalue weighted by Crippen LogP contribution is -2.14. The van der Waals surface area contributed by atoms with Gasteiger partial charge in [-0.3, -0.25) is 9.48 Å². The predicted molar refractivity (Wildman–Crippen MR) is 76.8 cm³/mol. The Morgan fingerprint density at radius 1 is 1.25 bits per heavy atom. The van der Waals surface area contributed by atoms with Crippen molar-refractivity contribution in [2.75, 3.05) is 7.11 Å². The minimum atomic E-state index is 0.0927. The standard InChI is InChI=1S/C16H16N2O2/c1-18-15-8-5-12(16(19)14(15)10-17-18)9-11-3-6-13(20-2)7-4-11/h3-4,6-7,9-10H,5,8H2,1-2H3. The van der Waals surface area contributed by atoms with Gasteiger partial charge >= 0.3 is 0 Å². The fraction of sp³-hybridized carbons (Fsp3) is 0.250. The number of benzene rings is 1. The fourth-order valence-corrected chi connectivity index (χ4v) is 2.53. The van der Waals surface area contributed by atoms with E-state index in [2.05, 4.69) is 5.10 Å². The fourth-order valence-electron chi connectivity index (χ4n) is 2.53. The van der Waals surface area contributed by atoms with Gasteiger partial charge in [0.15, 0.2) is 5.78 Å². The van der Waals surface area contributed by atoms with Crippen molar-refractivity contribution < 1.29 is 9.53 Å². The molecule has 1 aromatic carbocycles. The molecule has 1 aliphatic carbocycles. The van der Waals surface area contributed by atoms with Crippen LogP contribution in [0.1, 0.15) is 28.0 Å². The zero-order valence-electron chi connectivity index (χ0n) is 11.6. The molecule has 0 saturated heterocycles. The molecule has 0 bridgehead atoms. The second-order valence-corrected chi connectivity index (χ2v) is 4.90. The number of rotatable bonds is 2. The van der Waals surface area contributed by atoms with Gasteiger partial charge in [-0.1, -0.05) is 12.1 Å². The van der Waals surface area contributed by atoms with Gasteiger partial charge in [0.2, 0.25) is 0 Å². The van der Waals surface area contributed by atoms with Crippen molar-refractivity contribution in [3.8, 4) is 5.75 Å². The molecule has 0 amide bonds. The van der Waals surface area contributed by atoms with Crippen LogP contribution < -0.4 is 4.74 Å². The summed E-state index contributed by atoms with van der Waals surface area (Å²) >= 11 is 0. The quantitative estimate of drug-likeness (QED) is 0.786. The molecule has 0 N–H and O–H groups in total. The molecule has 20 heavy (non-hydrogen) atoms. The van der Waals surface area contributed by atoms with Crippen molar-refractivity contribution in [3.63, 3.8) is 0 Å². The topological polar surface area (TPSA) is 44.1 Å². The number of fused-ring (bicyclic) bond motifs is 1. The maximum atomic E-state index is 12.4. The number of allylic oxidation sites excluding steroid dienone is 1. The lowest BCUT2D eigenvalue weighted by atomic mass is 9.90. The van der Waals surface area contributed by atoms with E-state index in [1.54, 1.807) is 18.0 Å². The third-order valence-corrected chi connectivity index (χ3v) is 3.69. The number of Topliss-reactive ketones (excluding diaryl/α,β-unsaturated/α-hetero) is 1. The molecule has 1 aliphatic rings. The van der Waals surface area contributed by atoms with Gasteiger partial charge in [0.1, 0.15) is 5.75 Å². The molecule has 0 saturated carbocycles. The van der Waals surface area contributed by atoms with Gasteiger partial charge in [0.25, 0.3) is 0 Å². The maximum Gasteiger partial charge on any atom is 0.192 e. The zero-order chi connectivity index (χ0) is 14.1. The second-order valence-electron chi connectivity index (χ2n) is 4.90. The van der Waals surface area contributed by atoms with E-state index in [0.717, 1.165) is 41.0 Å². The summed E-state index contributed by atoms with van der Waals surface area (Å²) < 4.78 is 6.92. The van der Waals surface area contributed by atoms with E-state index >= 15 is 0 Å². The number of ketones is 1. The smallest absolute Gasteiger partial charge is 0.192 e. The van der Waals surface area contributed by atoms with Crippen molar-refractivity contribution in [2.24, 2.45) is 7.05 Å². The summed E-state index contributed by atoms with van der Waals surface area (Å²) in [6.07, 6.45) is 5.24. The van der Waals surface area contributed by atoms with Crippen LogP contribution in [-0.2, 0) is 13.5 Å². The van der Waals surface area contributed by atoms with E-state index in [1.807, 2.05) is 37.4 Å². The van der Waals surface area contributed by atoms with E-state index in [-0.39, 0.29) is 5.78 Å². The predicted octanol–water partition coefficient (Wildman–Crippen LogP) is 2.64. The van der Waals surface area contributed by atoms with Crippen LogP contribution in [0.4, 0.5) is 0 Å². The SMILES string of the molecule is COc1ccc(C=C2CCc3c(cnn3C)C2=O)cc1. The number of carbonyl (C=O) groups is 1. The lowest BCUT2D eigenvalue weighted by Gasteiger charge is -2.14. The summed E-state index contributed by atoms with van der Waals surface area (Å²) in [6, 6.07) is 7.71. The van der Waals surface area contributed by atoms with Gasteiger partial charge in [0, 0.05) is 18.3 Å². The van der Waals surface area contributed by atoms with Crippen molar-refractivity contribution in [1.29, 1.82) is 0 Å². The average Bonchev–Trinajstić information content (AvgIpc) is 2.85. The summed E-state index contributed by atoms with van der Waals surface area (Å²) in [4.78, 5) is 12.4. The minimum absolute atomic E-state index is 0.0927. The Bertz CT molecular complexity index is 681. The monoisotopic (exact) mass is 268 g/mol. The molecule has 102 valence electrons. The average molecular weight is 268 g/mol. The number of hydrogen-bond donors (Lipinski definition) is 0. The van der Waals surface area contributed by atoms with Crippen LogP contribution in [0.15, 0.2) is 36.0 Å². The number of hydrogen-bond acceptors (Lipinski definition) is 3. The first-order chi connectivity index (χ1) is 9.69. The molecule has 1 aromatic heterocycles. The van der Waals surface area contributed by atoms with Crippen molar-refractivity contribution in [1.82, 2.24) is 9.78 Å². The van der Waals surface area contributed by atoms with E-state index in [1.165, 1.54) is 0 Å². The molecule has 3 rings (SSSR count). The zero-order valence-corrected chi connectivity index (χ0v) is 11.6. The Hall–Kier alpha value is -2.36. The Balaban J connectivity index is 1.91. The van der Waals surface area contributed by atoms with Gasteiger partial charge in [-0.25, -0.2) is 0 Å². The number of methoxy groups -OCH3 is 1. The molecule has 1 heterocycles. The summed E-state index contributed by atoms with van der Waals surface area (Å²) in [5.41, 5.74) is 3.62. The van der Waals surface area contributed by atoms with Gasteiger partial charge in [0.05, 0.1) is 18.9 Å². The summed E-state index contributed by atoms with van der Waals surface area (Å²) in [7, 11) is 3.52. The number of nitrogens with zero attached hydrogens (tertiary/aromatic N) is 2. The van der Waals surface area contributed by atoms with Crippen LogP contribution in [0.25, 0.3) is 6.08 Å². The molecule has 0 unspecified atom stereocenters. The molecule has 2 aromatic rings. The Morgan fingerprint density at radius 3 is 2.70 bits per heavy atom. The van der Waals surface area contributed by atoms with Crippen molar-refractivity contribution in [2.45, 2.75) is 12.8 Å². The van der Waals surface area contributed by atoms with Crippen molar-refractivity contribution >= 4 is 11.9 Å². The molecule has 4 nitrogen and oxygen atoms in total. The van der Waals surface area contributed by atoms with Gasteiger partial charge in [-0.05, 0) is 36.6 Å². The third kappa shape index (κ3) is 2.13. The Labute approximate surface area is 117 Å². The van der Waals surface area contributed by atoms with E-state index in [9.17, 15) is 4.79 Å². The first-order valence-corrected chi connectivity index (χ1v) is 6.59. The van der Waals surface area contributed by atoms with Gasteiger partial charge < -0.3 is 4.74 Å².